The van der Waals surface area contributed by atoms with Gasteiger partial charge in [-0.05, 0) is 26.2 Å². The van der Waals surface area contributed by atoms with E-state index in [0.29, 0.717) is 24.9 Å². The molecule has 3 rings (SSSR count). The number of benzene rings is 1. The number of fused-ring (bicyclic) bond motifs is 1. The topological polar surface area (TPSA) is 78.9 Å². The van der Waals surface area contributed by atoms with E-state index in [0.717, 1.165) is 4.90 Å². The number of ketones is 1. The van der Waals surface area contributed by atoms with Crippen LogP contribution in [0.4, 0.5) is 13.2 Å². The summed E-state index contributed by atoms with van der Waals surface area (Å²) in [5, 5.41) is 13.7. The molecule has 1 aromatic rings. The van der Waals surface area contributed by atoms with Crippen molar-refractivity contribution in [3.8, 4) is 0 Å². The molecule has 0 bridgehead atoms. The van der Waals surface area contributed by atoms with E-state index in [4.69, 9.17) is 4.74 Å². The molecule has 0 radical (unpaired) electrons. The second-order valence-corrected chi connectivity index (χ2v) is 7.04. The van der Waals surface area contributed by atoms with Crippen LogP contribution in [-0.4, -0.2) is 53.4 Å². The molecular weight excluding hydrogens is 389 g/mol. The lowest BCUT2D eigenvalue weighted by Crippen LogP contribution is -2.68. The number of Topliss-reactive ketones (excluding diaryl/α,β-unsaturated/α-hetero) is 1. The Labute approximate surface area is 166 Å². The fourth-order valence-electron chi connectivity index (χ4n) is 3.86. The molecule has 2 atom stereocenters. The van der Waals surface area contributed by atoms with Crippen molar-refractivity contribution in [2.75, 3.05) is 19.7 Å². The molecule has 1 saturated heterocycles. The fraction of sp³-hybridized carbons (Fsp3) is 0.500. The smallest absolute Gasteiger partial charge is 0.437 e. The van der Waals surface area contributed by atoms with E-state index in [9.17, 15) is 27.9 Å². The molecule has 0 spiro atoms. The SMILES string of the molecule is CCOC(=O)C1CC(C(=O)c2ccccc2)=C2NCCCCN2C1(O)C(F)(F)F. The molecule has 0 aliphatic carbocycles. The number of hydrogen-bond acceptors (Lipinski definition) is 6. The van der Waals surface area contributed by atoms with Gasteiger partial charge in [0.25, 0.3) is 5.72 Å². The van der Waals surface area contributed by atoms with Crippen molar-refractivity contribution in [2.45, 2.75) is 38.1 Å². The van der Waals surface area contributed by atoms with E-state index in [2.05, 4.69) is 5.32 Å². The Bertz CT molecular complexity index is 810. The number of hydrogen-bond donors (Lipinski definition) is 2. The maximum atomic E-state index is 14.1. The minimum atomic E-state index is -5.14. The molecule has 0 amide bonds. The predicted octanol–water partition coefficient (Wildman–Crippen LogP) is 2.60. The molecule has 2 heterocycles. The molecule has 6 nitrogen and oxygen atoms in total. The molecule has 1 aromatic carbocycles. The highest BCUT2D eigenvalue weighted by molar-refractivity contribution is 6.09. The average Bonchev–Trinajstić information content (AvgIpc) is 2.94. The summed E-state index contributed by atoms with van der Waals surface area (Å²) >= 11 is 0. The largest absolute Gasteiger partial charge is 0.466 e. The molecule has 2 N–H and O–H groups in total. The van der Waals surface area contributed by atoms with Crippen LogP contribution >= 0.6 is 0 Å². The van der Waals surface area contributed by atoms with Gasteiger partial charge >= 0.3 is 12.1 Å². The molecular formula is C20H23F3N2O4. The van der Waals surface area contributed by atoms with Crippen molar-refractivity contribution in [3.05, 3.63) is 47.3 Å². The van der Waals surface area contributed by atoms with Crippen LogP contribution in [0.5, 0.6) is 0 Å². The van der Waals surface area contributed by atoms with Crippen LogP contribution in [0.2, 0.25) is 0 Å². The van der Waals surface area contributed by atoms with Gasteiger partial charge in [0.15, 0.2) is 5.78 Å². The molecule has 0 saturated carbocycles. The summed E-state index contributed by atoms with van der Waals surface area (Å²) in [5.41, 5.74) is -3.14. The van der Waals surface area contributed by atoms with Gasteiger partial charge in [0, 0.05) is 24.2 Å². The van der Waals surface area contributed by atoms with Crippen LogP contribution < -0.4 is 5.32 Å². The Balaban J connectivity index is 2.17. The Morgan fingerprint density at radius 2 is 1.97 bits per heavy atom. The number of alkyl halides is 3. The lowest BCUT2D eigenvalue weighted by molar-refractivity contribution is -0.331. The summed E-state index contributed by atoms with van der Waals surface area (Å²) in [4.78, 5) is 26.3. The van der Waals surface area contributed by atoms with Gasteiger partial charge in [-0.15, -0.1) is 0 Å². The number of esters is 1. The highest BCUT2D eigenvalue weighted by Gasteiger charge is 2.67. The highest BCUT2D eigenvalue weighted by Crippen LogP contribution is 2.48. The summed E-state index contributed by atoms with van der Waals surface area (Å²) < 4.78 is 47.1. The van der Waals surface area contributed by atoms with Gasteiger partial charge in [0.1, 0.15) is 11.7 Å². The second-order valence-electron chi connectivity index (χ2n) is 7.04. The normalized spacial score (nSPS) is 25.0. The van der Waals surface area contributed by atoms with Gasteiger partial charge in [-0.1, -0.05) is 30.3 Å². The van der Waals surface area contributed by atoms with E-state index < -0.39 is 36.0 Å². The van der Waals surface area contributed by atoms with E-state index >= 15 is 0 Å². The summed E-state index contributed by atoms with van der Waals surface area (Å²) in [6.07, 6.45) is -4.80. The van der Waals surface area contributed by atoms with E-state index in [1.165, 1.54) is 6.92 Å². The van der Waals surface area contributed by atoms with Crippen LogP contribution in [0.1, 0.15) is 36.5 Å². The molecule has 2 aliphatic heterocycles. The lowest BCUT2D eigenvalue weighted by Gasteiger charge is -2.49. The minimum Gasteiger partial charge on any atom is -0.466 e. The Morgan fingerprint density at radius 3 is 2.59 bits per heavy atom. The highest BCUT2D eigenvalue weighted by atomic mass is 19.4. The van der Waals surface area contributed by atoms with Gasteiger partial charge in [-0.25, -0.2) is 0 Å². The molecule has 29 heavy (non-hydrogen) atoms. The first-order chi connectivity index (χ1) is 13.7. The van der Waals surface area contributed by atoms with E-state index in [-0.39, 0.29) is 24.5 Å². The molecule has 9 heteroatoms. The Hall–Kier alpha value is -2.55. The number of carbonyl (C=O) groups is 2. The molecule has 158 valence electrons. The maximum Gasteiger partial charge on any atom is 0.437 e. The number of nitrogens with zero attached hydrogens (tertiary/aromatic N) is 1. The monoisotopic (exact) mass is 412 g/mol. The van der Waals surface area contributed by atoms with Crippen LogP contribution in [0.25, 0.3) is 0 Å². The lowest BCUT2D eigenvalue weighted by atomic mass is 9.80. The molecule has 2 unspecified atom stereocenters. The Morgan fingerprint density at radius 1 is 1.28 bits per heavy atom. The van der Waals surface area contributed by atoms with Crippen molar-refractivity contribution < 1.29 is 32.6 Å². The quantitative estimate of drug-likeness (QED) is 0.585. The zero-order chi connectivity index (χ0) is 21.2. The first-order valence-corrected chi connectivity index (χ1v) is 9.52. The van der Waals surface area contributed by atoms with Crippen molar-refractivity contribution in [1.29, 1.82) is 0 Å². The number of allylic oxidation sites excluding steroid dienone is 1. The zero-order valence-corrected chi connectivity index (χ0v) is 16.0. The van der Waals surface area contributed by atoms with Crippen molar-refractivity contribution >= 4 is 11.8 Å². The summed E-state index contributed by atoms with van der Waals surface area (Å²) in [7, 11) is 0. The van der Waals surface area contributed by atoms with Gasteiger partial charge in [-0.3, -0.25) is 9.59 Å². The summed E-state index contributed by atoms with van der Waals surface area (Å²) in [6.45, 7) is 1.54. The first kappa shape index (κ1) is 21.2. The fourth-order valence-corrected chi connectivity index (χ4v) is 3.86. The van der Waals surface area contributed by atoms with Crippen LogP contribution in [0.3, 0.4) is 0 Å². The standard InChI is InChI=1S/C20H23F3N2O4/c1-2-29-18(27)15-12-14(16(26)13-8-4-3-5-9-13)17-24-10-6-7-11-25(17)19(15,28)20(21,22)23/h3-5,8-9,15,24,28H,2,6-7,10-12H2,1H3. The van der Waals surface area contributed by atoms with Crippen LogP contribution in [0, 0.1) is 5.92 Å². The average molecular weight is 412 g/mol. The summed E-state index contributed by atoms with van der Waals surface area (Å²) in [5.74, 6) is -3.72. The first-order valence-electron chi connectivity index (χ1n) is 9.52. The van der Waals surface area contributed by atoms with Gasteiger partial charge in [-0.2, -0.15) is 13.2 Å². The van der Waals surface area contributed by atoms with Gasteiger partial charge in [0.05, 0.1) is 6.61 Å². The molecule has 1 fully saturated rings. The maximum absolute atomic E-state index is 14.1. The molecule has 0 aromatic heterocycles. The van der Waals surface area contributed by atoms with E-state index in [1.807, 2.05) is 0 Å². The van der Waals surface area contributed by atoms with Crippen molar-refractivity contribution in [2.24, 2.45) is 5.92 Å². The Kier molecular flexibility index (Phi) is 5.88. The number of nitrogens with one attached hydrogen (secondary N) is 1. The molecule has 2 aliphatic rings. The summed E-state index contributed by atoms with van der Waals surface area (Å²) in [6, 6.07) is 8.13. The van der Waals surface area contributed by atoms with Crippen LogP contribution in [-0.2, 0) is 9.53 Å². The third-order valence-corrected chi connectivity index (χ3v) is 5.26. The van der Waals surface area contributed by atoms with Crippen LogP contribution in [0.15, 0.2) is 41.7 Å². The van der Waals surface area contributed by atoms with E-state index in [1.54, 1.807) is 30.3 Å². The van der Waals surface area contributed by atoms with Gasteiger partial charge in [0.2, 0.25) is 0 Å². The third kappa shape index (κ3) is 3.71. The zero-order valence-electron chi connectivity index (χ0n) is 16.0. The number of rotatable bonds is 4. The second kappa shape index (κ2) is 8.06. The number of aliphatic hydroxyl groups is 1. The minimum absolute atomic E-state index is 0.0325. The number of ether oxygens (including phenoxy) is 1. The number of halogens is 3. The third-order valence-electron chi connectivity index (χ3n) is 5.26. The van der Waals surface area contributed by atoms with Crippen molar-refractivity contribution in [3.63, 3.8) is 0 Å². The predicted molar refractivity (Wildman–Crippen MR) is 97.5 cm³/mol. The number of carbonyl (C=O) groups excluding carboxylic acids is 2. The van der Waals surface area contributed by atoms with Gasteiger partial charge < -0.3 is 20.1 Å². The van der Waals surface area contributed by atoms with Crippen molar-refractivity contribution in [1.82, 2.24) is 10.2 Å².